The molecule has 23 heavy (non-hydrogen) atoms. The Labute approximate surface area is 132 Å². The van der Waals surface area contributed by atoms with Crippen molar-refractivity contribution in [2.45, 2.75) is 12.5 Å². The molecule has 112 valence electrons. The fourth-order valence-corrected chi connectivity index (χ4v) is 2.53. The van der Waals surface area contributed by atoms with Gasteiger partial charge in [0.1, 0.15) is 6.10 Å². The van der Waals surface area contributed by atoms with E-state index in [1.165, 1.54) is 0 Å². The number of benzene rings is 2. The summed E-state index contributed by atoms with van der Waals surface area (Å²) < 4.78 is 0. The molecule has 1 unspecified atom stereocenters. The second-order valence-corrected chi connectivity index (χ2v) is 5.35. The van der Waals surface area contributed by atoms with E-state index in [4.69, 9.17) is 0 Å². The van der Waals surface area contributed by atoms with Gasteiger partial charge in [-0.05, 0) is 24.3 Å². The average molecular weight is 302 g/mol. The Bertz CT molecular complexity index is 986. The van der Waals surface area contributed by atoms with Crippen LogP contribution >= 0.6 is 0 Å². The van der Waals surface area contributed by atoms with Gasteiger partial charge in [-0.15, -0.1) is 0 Å². The van der Waals surface area contributed by atoms with E-state index in [1.807, 2.05) is 48.5 Å². The summed E-state index contributed by atoms with van der Waals surface area (Å²) in [6.45, 7) is 0. The molecule has 0 bridgehead atoms. The van der Waals surface area contributed by atoms with Crippen LogP contribution in [0.4, 0.5) is 0 Å². The van der Waals surface area contributed by atoms with Crippen molar-refractivity contribution in [2.75, 3.05) is 0 Å². The van der Waals surface area contributed by atoms with Gasteiger partial charge in [0.25, 0.3) is 0 Å². The predicted molar refractivity (Wildman–Crippen MR) is 87.7 cm³/mol. The van der Waals surface area contributed by atoms with E-state index in [0.29, 0.717) is 12.1 Å². The summed E-state index contributed by atoms with van der Waals surface area (Å²) in [5.41, 5.74) is 4.52. The summed E-state index contributed by atoms with van der Waals surface area (Å²) in [5, 5.41) is 10.4. The molecule has 2 aromatic carbocycles. The van der Waals surface area contributed by atoms with Gasteiger partial charge in [-0.3, -0.25) is 9.97 Å². The van der Waals surface area contributed by atoms with E-state index in [0.717, 1.165) is 27.8 Å². The maximum atomic E-state index is 10.4. The van der Waals surface area contributed by atoms with Crippen LogP contribution in [0.3, 0.4) is 0 Å². The molecule has 0 saturated carbocycles. The minimum absolute atomic E-state index is 0.352. The quantitative estimate of drug-likeness (QED) is 0.630. The molecule has 5 nitrogen and oxygen atoms in total. The molecule has 2 heterocycles. The van der Waals surface area contributed by atoms with Crippen molar-refractivity contribution in [2.24, 2.45) is 0 Å². The van der Waals surface area contributed by atoms with Crippen LogP contribution < -0.4 is 0 Å². The summed E-state index contributed by atoms with van der Waals surface area (Å²) >= 11 is 0. The first-order valence-corrected chi connectivity index (χ1v) is 7.40. The van der Waals surface area contributed by atoms with Gasteiger partial charge < -0.3 is 5.11 Å². The number of aliphatic hydroxyl groups excluding tert-OH is 1. The number of hydrogen-bond acceptors (Lipinski definition) is 5. The first kappa shape index (κ1) is 13.7. The summed E-state index contributed by atoms with van der Waals surface area (Å²) in [6, 6.07) is 15.3. The zero-order chi connectivity index (χ0) is 15.6. The lowest BCUT2D eigenvalue weighted by Crippen LogP contribution is -2.07. The zero-order valence-electron chi connectivity index (χ0n) is 12.3. The Kier molecular flexibility index (Phi) is 3.40. The molecule has 0 spiro atoms. The second-order valence-electron chi connectivity index (χ2n) is 5.35. The predicted octanol–water partition coefficient (Wildman–Crippen LogP) is 2.85. The van der Waals surface area contributed by atoms with E-state index < -0.39 is 6.10 Å². The lowest BCUT2D eigenvalue weighted by atomic mass is 10.1. The smallest absolute Gasteiger partial charge is 0.103 e. The fraction of sp³-hybridized carbons (Fsp3) is 0.111. The Hall–Kier alpha value is -2.92. The first-order chi connectivity index (χ1) is 11.3. The minimum atomic E-state index is -0.762. The second kappa shape index (κ2) is 5.70. The van der Waals surface area contributed by atoms with E-state index in [1.54, 1.807) is 12.4 Å². The molecule has 4 rings (SSSR count). The molecule has 0 fully saturated rings. The Morgan fingerprint density at radius 1 is 0.739 bits per heavy atom. The summed E-state index contributed by atoms with van der Waals surface area (Å²) in [5.74, 6) is 0. The molecular formula is C18H14N4O. The highest BCUT2D eigenvalue weighted by Crippen LogP contribution is 2.18. The molecule has 0 aliphatic heterocycles. The standard InChI is InChI=1S/C18H14N4O/c23-18(17-11-20-14-6-2-4-8-16(14)22-17)9-12-10-19-13-5-1-3-7-15(13)21-12/h1-8,10-11,18,23H,9H2. The number of fused-ring (bicyclic) bond motifs is 2. The highest BCUT2D eigenvalue weighted by Gasteiger charge is 2.13. The number of rotatable bonds is 3. The van der Waals surface area contributed by atoms with Gasteiger partial charge in [-0.25, -0.2) is 9.97 Å². The van der Waals surface area contributed by atoms with E-state index in [2.05, 4.69) is 19.9 Å². The topological polar surface area (TPSA) is 71.8 Å². The summed E-state index contributed by atoms with van der Waals surface area (Å²) in [7, 11) is 0. The fourth-order valence-electron chi connectivity index (χ4n) is 2.53. The molecule has 0 radical (unpaired) electrons. The molecule has 0 aliphatic carbocycles. The molecule has 5 heteroatoms. The SMILES string of the molecule is OC(Cc1cnc2ccccc2n1)c1cnc2ccccc2n1. The van der Waals surface area contributed by atoms with Crippen molar-refractivity contribution in [1.29, 1.82) is 0 Å². The third-order valence-electron chi connectivity index (χ3n) is 3.71. The van der Waals surface area contributed by atoms with Gasteiger partial charge in [-0.2, -0.15) is 0 Å². The van der Waals surface area contributed by atoms with Crippen molar-refractivity contribution in [1.82, 2.24) is 19.9 Å². The van der Waals surface area contributed by atoms with Crippen LogP contribution in [0.5, 0.6) is 0 Å². The molecule has 1 atom stereocenters. The molecule has 0 saturated heterocycles. The molecular weight excluding hydrogens is 288 g/mol. The van der Waals surface area contributed by atoms with Crippen LogP contribution in [0.25, 0.3) is 22.1 Å². The third kappa shape index (κ3) is 2.74. The number of hydrogen-bond donors (Lipinski definition) is 1. The number of para-hydroxylation sites is 4. The van der Waals surface area contributed by atoms with Crippen molar-refractivity contribution >= 4 is 22.1 Å². The maximum absolute atomic E-state index is 10.4. The van der Waals surface area contributed by atoms with Crippen molar-refractivity contribution in [3.63, 3.8) is 0 Å². The first-order valence-electron chi connectivity index (χ1n) is 7.40. The summed E-state index contributed by atoms with van der Waals surface area (Å²) in [6.07, 6.45) is 2.90. The van der Waals surface area contributed by atoms with Gasteiger partial charge in [0, 0.05) is 12.6 Å². The Balaban J connectivity index is 1.63. The normalized spacial score (nSPS) is 12.6. The lowest BCUT2D eigenvalue weighted by molar-refractivity contribution is 0.172. The van der Waals surface area contributed by atoms with Gasteiger partial charge >= 0.3 is 0 Å². The highest BCUT2D eigenvalue weighted by atomic mass is 16.3. The average Bonchev–Trinajstić information content (AvgIpc) is 2.61. The van der Waals surface area contributed by atoms with Gasteiger partial charge in [0.05, 0.1) is 39.7 Å². The van der Waals surface area contributed by atoms with Crippen LogP contribution in [0.1, 0.15) is 17.5 Å². The van der Waals surface area contributed by atoms with E-state index in [-0.39, 0.29) is 0 Å². The van der Waals surface area contributed by atoms with Crippen molar-refractivity contribution in [3.05, 3.63) is 72.3 Å². The van der Waals surface area contributed by atoms with Crippen LogP contribution in [-0.2, 0) is 6.42 Å². The Morgan fingerprint density at radius 2 is 1.30 bits per heavy atom. The maximum Gasteiger partial charge on any atom is 0.103 e. The molecule has 2 aromatic heterocycles. The largest absolute Gasteiger partial charge is 0.386 e. The van der Waals surface area contributed by atoms with Crippen molar-refractivity contribution < 1.29 is 5.11 Å². The number of aliphatic hydroxyl groups is 1. The van der Waals surface area contributed by atoms with Crippen LogP contribution in [0, 0.1) is 0 Å². The van der Waals surface area contributed by atoms with Gasteiger partial charge in [0.15, 0.2) is 0 Å². The molecule has 4 aromatic rings. The Morgan fingerprint density at radius 3 is 2.00 bits per heavy atom. The van der Waals surface area contributed by atoms with E-state index >= 15 is 0 Å². The van der Waals surface area contributed by atoms with Crippen LogP contribution in [0.15, 0.2) is 60.9 Å². The molecule has 0 aliphatic rings. The highest BCUT2D eigenvalue weighted by molar-refractivity contribution is 5.74. The molecule has 0 amide bonds. The van der Waals surface area contributed by atoms with Crippen LogP contribution in [-0.4, -0.2) is 25.0 Å². The lowest BCUT2D eigenvalue weighted by Gasteiger charge is -2.10. The van der Waals surface area contributed by atoms with E-state index in [9.17, 15) is 5.11 Å². The third-order valence-corrected chi connectivity index (χ3v) is 3.71. The van der Waals surface area contributed by atoms with Crippen molar-refractivity contribution in [3.8, 4) is 0 Å². The zero-order valence-corrected chi connectivity index (χ0v) is 12.3. The minimum Gasteiger partial charge on any atom is -0.386 e. The number of nitrogens with zero attached hydrogens (tertiary/aromatic N) is 4. The van der Waals surface area contributed by atoms with Gasteiger partial charge in [0.2, 0.25) is 0 Å². The van der Waals surface area contributed by atoms with Gasteiger partial charge in [-0.1, -0.05) is 24.3 Å². The molecule has 1 N–H and O–H groups in total. The summed E-state index contributed by atoms with van der Waals surface area (Å²) in [4.78, 5) is 17.7. The monoisotopic (exact) mass is 302 g/mol. The number of aromatic nitrogens is 4. The van der Waals surface area contributed by atoms with Crippen LogP contribution in [0.2, 0.25) is 0 Å².